The van der Waals surface area contributed by atoms with Gasteiger partial charge in [0.2, 0.25) is 0 Å². The van der Waals surface area contributed by atoms with Crippen molar-refractivity contribution in [3.63, 3.8) is 0 Å². The largest absolute Gasteiger partial charge is 0.364 e. The van der Waals surface area contributed by atoms with E-state index in [1.807, 2.05) is 24.3 Å². The van der Waals surface area contributed by atoms with Crippen LogP contribution >= 0.6 is 15.9 Å². The molecule has 0 aliphatic rings. The smallest absolute Gasteiger partial charge is 0.276 e. The van der Waals surface area contributed by atoms with Gasteiger partial charge in [0.05, 0.1) is 0 Å². The zero-order chi connectivity index (χ0) is 12.3. The highest BCUT2D eigenvalue weighted by molar-refractivity contribution is 9.10. The highest BCUT2D eigenvalue weighted by atomic mass is 79.9. The van der Waals surface area contributed by atoms with Crippen LogP contribution in [-0.2, 0) is 6.54 Å². The van der Waals surface area contributed by atoms with Gasteiger partial charge < -0.3 is 9.42 Å². The maximum Gasteiger partial charge on any atom is 0.276 e. The fourth-order valence-electron chi connectivity index (χ4n) is 1.47. The number of benzene rings is 1. The summed E-state index contributed by atoms with van der Waals surface area (Å²) >= 11 is 3.45. The van der Waals surface area contributed by atoms with Crippen LogP contribution < -0.4 is 0 Å². The predicted octanol–water partition coefficient (Wildman–Crippen LogP) is 2.71. The van der Waals surface area contributed by atoms with Crippen molar-refractivity contribution in [1.82, 2.24) is 10.1 Å². The number of carbonyl (C=O) groups excluding carboxylic acids is 1. The molecule has 17 heavy (non-hydrogen) atoms. The maximum atomic E-state index is 11.9. The van der Waals surface area contributed by atoms with Gasteiger partial charge in [-0.3, -0.25) is 4.79 Å². The SMILES string of the molecule is CN(Cc1ccccc1Br)C(=O)c1ccon1. The first-order valence-corrected chi connectivity index (χ1v) is 5.87. The lowest BCUT2D eigenvalue weighted by molar-refractivity contribution is 0.0774. The van der Waals surface area contributed by atoms with E-state index in [9.17, 15) is 4.79 Å². The van der Waals surface area contributed by atoms with E-state index in [2.05, 4.69) is 25.6 Å². The second kappa shape index (κ2) is 5.14. The third kappa shape index (κ3) is 2.74. The van der Waals surface area contributed by atoms with Crippen LogP contribution in [0.25, 0.3) is 0 Å². The number of carbonyl (C=O) groups is 1. The Morgan fingerprint density at radius 3 is 2.82 bits per heavy atom. The maximum absolute atomic E-state index is 11.9. The molecule has 1 aromatic heterocycles. The molecule has 2 aromatic rings. The van der Waals surface area contributed by atoms with E-state index < -0.39 is 0 Å². The van der Waals surface area contributed by atoms with Gasteiger partial charge in [-0.1, -0.05) is 39.3 Å². The summed E-state index contributed by atoms with van der Waals surface area (Å²) in [4.78, 5) is 13.5. The van der Waals surface area contributed by atoms with Crippen molar-refractivity contribution in [1.29, 1.82) is 0 Å². The highest BCUT2D eigenvalue weighted by Crippen LogP contribution is 2.17. The number of amides is 1. The fourth-order valence-corrected chi connectivity index (χ4v) is 1.88. The van der Waals surface area contributed by atoms with E-state index in [1.165, 1.54) is 6.26 Å². The molecule has 0 aliphatic heterocycles. The second-order valence-corrected chi connectivity index (χ2v) is 4.49. The van der Waals surface area contributed by atoms with Crippen LogP contribution in [-0.4, -0.2) is 23.0 Å². The summed E-state index contributed by atoms with van der Waals surface area (Å²) in [6, 6.07) is 9.35. The molecule has 0 atom stereocenters. The van der Waals surface area contributed by atoms with E-state index in [-0.39, 0.29) is 5.91 Å². The molecular weight excluding hydrogens is 284 g/mol. The summed E-state index contributed by atoms with van der Waals surface area (Å²) in [5, 5.41) is 3.62. The molecular formula is C12H11BrN2O2. The molecule has 0 bridgehead atoms. The molecule has 2 rings (SSSR count). The van der Waals surface area contributed by atoms with E-state index in [4.69, 9.17) is 0 Å². The molecule has 0 saturated heterocycles. The number of aromatic nitrogens is 1. The quantitative estimate of drug-likeness (QED) is 0.874. The average Bonchev–Trinajstić information content (AvgIpc) is 2.84. The molecule has 1 amide bonds. The van der Waals surface area contributed by atoms with Gasteiger partial charge in [-0.15, -0.1) is 0 Å². The molecule has 88 valence electrons. The molecule has 0 fully saturated rings. The molecule has 0 radical (unpaired) electrons. The Morgan fingerprint density at radius 1 is 1.41 bits per heavy atom. The van der Waals surface area contributed by atoms with Crippen LogP contribution in [0, 0.1) is 0 Å². The van der Waals surface area contributed by atoms with Gasteiger partial charge in [-0.05, 0) is 11.6 Å². The Kier molecular flexibility index (Phi) is 3.58. The number of hydrogen-bond donors (Lipinski definition) is 0. The summed E-state index contributed by atoms with van der Waals surface area (Å²) in [6.45, 7) is 0.521. The Bertz CT molecular complexity index is 511. The minimum Gasteiger partial charge on any atom is -0.364 e. The molecule has 0 aliphatic carbocycles. The van der Waals surface area contributed by atoms with Crippen molar-refractivity contribution in [2.24, 2.45) is 0 Å². The van der Waals surface area contributed by atoms with Gasteiger partial charge in [0.15, 0.2) is 5.69 Å². The molecule has 0 unspecified atom stereocenters. The normalized spacial score (nSPS) is 10.2. The summed E-state index contributed by atoms with van der Waals surface area (Å²) in [7, 11) is 1.73. The number of nitrogens with zero attached hydrogens (tertiary/aromatic N) is 2. The Labute approximate surface area is 107 Å². The van der Waals surface area contributed by atoms with E-state index in [0.29, 0.717) is 12.2 Å². The van der Waals surface area contributed by atoms with Crippen LogP contribution in [0.4, 0.5) is 0 Å². The molecule has 0 saturated carbocycles. The summed E-state index contributed by atoms with van der Waals surface area (Å²) in [5.41, 5.74) is 1.37. The summed E-state index contributed by atoms with van der Waals surface area (Å²) < 4.78 is 5.64. The lowest BCUT2D eigenvalue weighted by Gasteiger charge is -2.16. The zero-order valence-corrected chi connectivity index (χ0v) is 10.8. The van der Waals surface area contributed by atoms with Crippen molar-refractivity contribution < 1.29 is 9.32 Å². The highest BCUT2D eigenvalue weighted by Gasteiger charge is 2.15. The lowest BCUT2D eigenvalue weighted by atomic mass is 10.2. The van der Waals surface area contributed by atoms with Crippen LogP contribution in [0.3, 0.4) is 0 Å². The van der Waals surface area contributed by atoms with E-state index >= 15 is 0 Å². The first-order valence-electron chi connectivity index (χ1n) is 5.07. The van der Waals surface area contributed by atoms with Gasteiger partial charge >= 0.3 is 0 Å². The molecule has 1 heterocycles. The number of rotatable bonds is 3. The van der Waals surface area contributed by atoms with Crippen LogP contribution in [0.15, 0.2) is 45.6 Å². The van der Waals surface area contributed by atoms with Gasteiger partial charge in [-0.2, -0.15) is 0 Å². The van der Waals surface area contributed by atoms with Gasteiger partial charge in [0.1, 0.15) is 6.26 Å². The molecule has 5 heteroatoms. The Hall–Kier alpha value is -1.62. The fraction of sp³-hybridized carbons (Fsp3) is 0.167. The first-order chi connectivity index (χ1) is 8.18. The molecule has 4 nitrogen and oxygen atoms in total. The van der Waals surface area contributed by atoms with Crippen LogP contribution in [0.1, 0.15) is 16.1 Å². The van der Waals surface area contributed by atoms with Crippen molar-refractivity contribution in [3.05, 3.63) is 52.3 Å². The van der Waals surface area contributed by atoms with Crippen molar-refractivity contribution in [3.8, 4) is 0 Å². The first kappa shape index (κ1) is 11.9. The Morgan fingerprint density at radius 2 is 2.18 bits per heavy atom. The van der Waals surface area contributed by atoms with Gasteiger partial charge in [-0.25, -0.2) is 0 Å². The topological polar surface area (TPSA) is 46.3 Å². The Balaban J connectivity index is 2.10. The average molecular weight is 295 g/mol. The zero-order valence-electron chi connectivity index (χ0n) is 9.26. The van der Waals surface area contributed by atoms with Crippen LogP contribution in [0.2, 0.25) is 0 Å². The van der Waals surface area contributed by atoms with Crippen LogP contribution in [0.5, 0.6) is 0 Å². The van der Waals surface area contributed by atoms with E-state index in [1.54, 1.807) is 18.0 Å². The minimum atomic E-state index is -0.158. The standard InChI is InChI=1S/C12H11BrN2O2/c1-15(12(16)11-6-7-17-14-11)8-9-4-2-3-5-10(9)13/h2-7H,8H2,1H3. The van der Waals surface area contributed by atoms with Gasteiger partial charge in [0.25, 0.3) is 5.91 Å². The third-order valence-electron chi connectivity index (χ3n) is 2.37. The minimum absolute atomic E-state index is 0.158. The lowest BCUT2D eigenvalue weighted by Crippen LogP contribution is -2.26. The van der Waals surface area contributed by atoms with Crippen molar-refractivity contribution in [2.75, 3.05) is 7.05 Å². The van der Waals surface area contributed by atoms with E-state index in [0.717, 1.165) is 10.0 Å². The summed E-state index contributed by atoms with van der Waals surface area (Å²) in [6.07, 6.45) is 1.39. The van der Waals surface area contributed by atoms with Crippen molar-refractivity contribution in [2.45, 2.75) is 6.54 Å². The second-order valence-electron chi connectivity index (χ2n) is 3.64. The number of hydrogen-bond acceptors (Lipinski definition) is 3. The monoisotopic (exact) mass is 294 g/mol. The summed E-state index contributed by atoms with van der Waals surface area (Å²) in [5.74, 6) is -0.158. The van der Waals surface area contributed by atoms with Crippen molar-refractivity contribution >= 4 is 21.8 Å². The molecule has 0 spiro atoms. The van der Waals surface area contributed by atoms with Gasteiger partial charge in [0, 0.05) is 24.1 Å². The third-order valence-corrected chi connectivity index (χ3v) is 3.14. The molecule has 1 aromatic carbocycles. The predicted molar refractivity (Wildman–Crippen MR) is 66.4 cm³/mol. The number of halogens is 1. The molecule has 0 N–H and O–H groups in total.